The minimum Gasteiger partial charge on any atom is -0.477 e. The maximum absolute atomic E-state index is 11.3. The highest BCUT2D eigenvalue weighted by molar-refractivity contribution is 5.79. The maximum Gasteiger partial charge on any atom is 0.368 e. The lowest BCUT2D eigenvalue weighted by atomic mass is 9.96. The van der Waals surface area contributed by atoms with Crippen molar-refractivity contribution in [3.8, 4) is 0 Å². The molecule has 0 aromatic rings. The van der Waals surface area contributed by atoms with Crippen LogP contribution in [0.5, 0.6) is 0 Å². The first kappa shape index (κ1) is 17.5. The van der Waals surface area contributed by atoms with Crippen LogP contribution >= 0.6 is 0 Å². The van der Waals surface area contributed by atoms with E-state index in [1.165, 1.54) is 13.0 Å². The molecular formula is C12H19NO8. The van der Waals surface area contributed by atoms with Crippen LogP contribution in [0.25, 0.3) is 0 Å². The number of amides is 1. The molecule has 5 atom stereocenters. The first-order valence-corrected chi connectivity index (χ1v) is 6.17. The van der Waals surface area contributed by atoms with Crippen LogP contribution in [0.3, 0.4) is 0 Å². The summed E-state index contributed by atoms with van der Waals surface area (Å²) in [6, 6.07) is -0.888. The first-order chi connectivity index (χ1) is 9.77. The number of carbonyl (C=O) groups excluding carboxylic acids is 1. The van der Waals surface area contributed by atoms with Crippen molar-refractivity contribution in [3.63, 3.8) is 0 Å². The monoisotopic (exact) mass is 305 g/mol. The highest BCUT2D eigenvalue weighted by atomic mass is 16.7. The minimum absolute atomic E-state index is 0.441. The third-order valence-corrected chi connectivity index (χ3v) is 3.08. The SMILES string of the molecule is CO[C@]1(C(=O)O)C=C[C@@H](NC(C)=O)[C@H]([C@H](O)[C@H](O)CO)O1. The van der Waals surface area contributed by atoms with E-state index >= 15 is 0 Å². The number of aliphatic carboxylic acids is 1. The van der Waals surface area contributed by atoms with Crippen molar-refractivity contribution in [2.45, 2.75) is 37.1 Å². The van der Waals surface area contributed by atoms with Gasteiger partial charge in [0.1, 0.15) is 18.3 Å². The highest BCUT2D eigenvalue weighted by Crippen LogP contribution is 2.27. The van der Waals surface area contributed by atoms with Gasteiger partial charge in [0.05, 0.1) is 12.6 Å². The fourth-order valence-electron chi connectivity index (χ4n) is 1.95. The molecule has 0 unspecified atom stereocenters. The maximum atomic E-state index is 11.3. The molecule has 9 nitrogen and oxygen atoms in total. The lowest BCUT2D eigenvalue weighted by Crippen LogP contribution is -2.60. The van der Waals surface area contributed by atoms with Gasteiger partial charge in [-0.25, -0.2) is 4.79 Å². The molecule has 1 aliphatic rings. The van der Waals surface area contributed by atoms with Crippen molar-refractivity contribution in [2.24, 2.45) is 0 Å². The largest absolute Gasteiger partial charge is 0.477 e. The fourth-order valence-corrected chi connectivity index (χ4v) is 1.95. The van der Waals surface area contributed by atoms with Crippen LogP contribution in [0.4, 0.5) is 0 Å². The van der Waals surface area contributed by atoms with Gasteiger partial charge in [-0.3, -0.25) is 4.79 Å². The Bertz CT molecular complexity index is 425. The van der Waals surface area contributed by atoms with Crippen LogP contribution < -0.4 is 5.32 Å². The molecule has 21 heavy (non-hydrogen) atoms. The molecule has 5 N–H and O–H groups in total. The van der Waals surface area contributed by atoms with Crippen molar-refractivity contribution in [3.05, 3.63) is 12.2 Å². The fraction of sp³-hybridized carbons (Fsp3) is 0.667. The van der Waals surface area contributed by atoms with E-state index in [4.69, 9.17) is 14.6 Å². The topological polar surface area (TPSA) is 146 Å². The van der Waals surface area contributed by atoms with Gasteiger partial charge in [-0.1, -0.05) is 6.08 Å². The summed E-state index contributed by atoms with van der Waals surface area (Å²) in [5.74, 6) is -4.04. The average molecular weight is 305 g/mol. The number of aliphatic hydroxyl groups excluding tert-OH is 3. The summed E-state index contributed by atoms with van der Waals surface area (Å²) in [5, 5.41) is 40.0. The summed E-state index contributed by atoms with van der Waals surface area (Å²) in [4.78, 5) is 22.4. The number of nitrogens with one attached hydrogen (secondary N) is 1. The van der Waals surface area contributed by atoms with Gasteiger partial charge in [0.15, 0.2) is 0 Å². The molecule has 1 amide bonds. The molecule has 1 rings (SSSR count). The number of rotatable bonds is 6. The first-order valence-electron chi connectivity index (χ1n) is 6.17. The van der Waals surface area contributed by atoms with Crippen molar-refractivity contribution in [1.82, 2.24) is 5.32 Å². The van der Waals surface area contributed by atoms with E-state index in [-0.39, 0.29) is 0 Å². The molecule has 120 valence electrons. The van der Waals surface area contributed by atoms with Crippen LogP contribution in [-0.2, 0) is 19.1 Å². The molecule has 0 spiro atoms. The standard InChI is InChI=1S/C12H19NO8/c1-6(15)13-7-3-4-12(20-2,11(18)19)21-10(7)9(17)8(16)5-14/h3-4,7-10,14,16-17H,5H2,1-2H3,(H,13,15)(H,18,19)/t7-,8-,9-,10-,12-/m1/s1. The van der Waals surface area contributed by atoms with Gasteiger partial charge in [-0.15, -0.1) is 0 Å². The second-order valence-electron chi connectivity index (χ2n) is 4.59. The molecule has 0 fully saturated rings. The Kier molecular flexibility index (Phi) is 5.81. The molecule has 0 saturated heterocycles. The minimum atomic E-state index is -2.14. The lowest BCUT2D eigenvalue weighted by Gasteiger charge is -2.40. The zero-order valence-electron chi connectivity index (χ0n) is 11.6. The average Bonchev–Trinajstić information content (AvgIpc) is 2.45. The van der Waals surface area contributed by atoms with Crippen LogP contribution in [0.15, 0.2) is 12.2 Å². The normalized spacial score (nSPS) is 31.5. The summed E-state index contributed by atoms with van der Waals surface area (Å²) in [5.41, 5.74) is 0. The van der Waals surface area contributed by atoms with E-state index in [1.54, 1.807) is 0 Å². The Hall–Kier alpha value is -1.52. The number of carbonyl (C=O) groups is 2. The van der Waals surface area contributed by atoms with Crippen molar-refractivity contribution >= 4 is 11.9 Å². The quantitative estimate of drug-likeness (QED) is 0.341. The van der Waals surface area contributed by atoms with Crippen molar-refractivity contribution < 1.29 is 39.5 Å². The molecule has 9 heteroatoms. The van der Waals surface area contributed by atoms with Crippen LogP contribution in [0.2, 0.25) is 0 Å². The van der Waals surface area contributed by atoms with Gasteiger partial charge in [0.2, 0.25) is 5.91 Å². The third-order valence-electron chi connectivity index (χ3n) is 3.08. The summed E-state index contributed by atoms with van der Waals surface area (Å²) in [6.45, 7) is 0.472. The molecule has 0 saturated carbocycles. The summed E-state index contributed by atoms with van der Waals surface area (Å²) in [6.07, 6.45) is -2.14. The Labute approximate surface area is 120 Å². The van der Waals surface area contributed by atoms with E-state index in [9.17, 15) is 24.9 Å². The van der Waals surface area contributed by atoms with Gasteiger partial charge in [-0.2, -0.15) is 0 Å². The molecule has 0 aromatic carbocycles. The van der Waals surface area contributed by atoms with Crippen LogP contribution in [-0.4, -0.2) is 76.2 Å². The molecule has 0 bridgehead atoms. The lowest BCUT2D eigenvalue weighted by molar-refractivity contribution is -0.253. The number of ether oxygens (including phenoxy) is 2. The van der Waals surface area contributed by atoms with E-state index in [2.05, 4.69) is 5.32 Å². The summed E-state index contributed by atoms with van der Waals surface area (Å²) >= 11 is 0. The zero-order chi connectivity index (χ0) is 16.2. The van der Waals surface area contributed by atoms with Crippen LogP contribution in [0.1, 0.15) is 6.92 Å². The van der Waals surface area contributed by atoms with Gasteiger partial charge in [0.25, 0.3) is 5.79 Å². The number of hydrogen-bond donors (Lipinski definition) is 5. The number of carboxylic acid groups (broad SMARTS) is 1. The number of methoxy groups -OCH3 is 1. The second kappa shape index (κ2) is 6.96. The Morgan fingerprint density at radius 1 is 1.48 bits per heavy atom. The number of carboxylic acids is 1. The van der Waals surface area contributed by atoms with E-state index in [1.807, 2.05) is 0 Å². The van der Waals surface area contributed by atoms with Gasteiger partial charge in [0, 0.05) is 14.0 Å². The van der Waals surface area contributed by atoms with Gasteiger partial charge >= 0.3 is 5.97 Å². The molecule has 0 radical (unpaired) electrons. The third kappa shape index (κ3) is 3.77. The Balaban J connectivity index is 3.11. The molecule has 0 aliphatic carbocycles. The summed E-state index contributed by atoms with van der Waals surface area (Å²) in [7, 11) is 1.10. The van der Waals surface area contributed by atoms with E-state index in [0.717, 1.165) is 13.2 Å². The zero-order valence-corrected chi connectivity index (χ0v) is 11.6. The Morgan fingerprint density at radius 3 is 2.52 bits per heavy atom. The Morgan fingerprint density at radius 2 is 2.10 bits per heavy atom. The smallest absolute Gasteiger partial charge is 0.368 e. The molecule has 1 heterocycles. The van der Waals surface area contributed by atoms with Crippen molar-refractivity contribution in [1.29, 1.82) is 0 Å². The van der Waals surface area contributed by atoms with Crippen LogP contribution in [0, 0.1) is 0 Å². The van der Waals surface area contributed by atoms with Crippen molar-refractivity contribution in [2.75, 3.05) is 13.7 Å². The van der Waals surface area contributed by atoms with E-state index in [0.29, 0.717) is 0 Å². The van der Waals surface area contributed by atoms with Gasteiger partial charge < -0.3 is 35.2 Å². The number of aliphatic hydroxyl groups is 3. The number of hydrogen-bond acceptors (Lipinski definition) is 7. The highest BCUT2D eigenvalue weighted by Gasteiger charge is 2.48. The molecular weight excluding hydrogens is 286 g/mol. The molecule has 1 aliphatic heterocycles. The summed E-state index contributed by atoms with van der Waals surface area (Å²) < 4.78 is 10.0. The predicted molar refractivity (Wildman–Crippen MR) is 68.1 cm³/mol. The molecule has 0 aromatic heterocycles. The van der Waals surface area contributed by atoms with E-state index < -0.39 is 48.6 Å². The second-order valence-corrected chi connectivity index (χ2v) is 4.59. The van der Waals surface area contributed by atoms with Gasteiger partial charge in [-0.05, 0) is 6.08 Å². The predicted octanol–water partition coefficient (Wildman–Crippen LogP) is -2.41.